The minimum Gasteiger partial charge on any atom is -0.334 e. The number of hydrogen-bond donors (Lipinski definition) is 2. The monoisotopic (exact) mass is 305 g/mol. The molecule has 6 heteroatoms. The van der Waals surface area contributed by atoms with Crippen LogP contribution in [0.3, 0.4) is 0 Å². The van der Waals surface area contributed by atoms with Gasteiger partial charge in [0.05, 0.1) is 11.9 Å². The van der Waals surface area contributed by atoms with Crippen molar-refractivity contribution in [3.63, 3.8) is 0 Å². The van der Waals surface area contributed by atoms with Gasteiger partial charge in [0.1, 0.15) is 11.3 Å². The van der Waals surface area contributed by atoms with Crippen LogP contribution in [0, 0.1) is 0 Å². The van der Waals surface area contributed by atoms with Crippen LogP contribution in [0.5, 0.6) is 0 Å². The molecule has 0 aliphatic carbocycles. The van der Waals surface area contributed by atoms with E-state index in [0.29, 0.717) is 23.5 Å². The second-order valence-corrected chi connectivity index (χ2v) is 4.78. The SMILES string of the molecule is C=CCNC(=O)Nc1ccc2ncc(-c3ccccc3)nc2n1. The molecular formula is C17H15N5O. The Kier molecular flexibility index (Phi) is 4.24. The van der Waals surface area contributed by atoms with Crippen molar-refractivity contribution in [2.24, 2.45) is 0 Å². The first-order valence-electron chi connectivity index (χ1n) is 7.11. The maximum atomic E-state index is 11.6. The van der Waals surface area contributed by atoms with E-state index >= 15 is 0 Å². The molecular weight excluding hydrogens is 290 g/mol. The van der Waals surface area contributed by atoms with Gasteiger partial charge in [0.25, 0.3) is 0 Å². The van der Waals surface area contributed by atoms with Crippen molar-refractivity contribution in [1.82, 2.24) is 20.3 Å². The maximum absolute atomic E-state index is 11.6. The summed E-state index contributed by atoms with van der Waals surface area (Å²) in [5.41, 5.74) is 2.85. The van der Waals surface area contributed by atoms with E-state index in [1.165, 1.54) is 0 Å². The van der Waals surface area contributed by atoms with Crippen LogP contribution in [-0.4, -0.2) is 27.5 Å². The van der Waals surface area contributed by atoms with Crippen molar-refractivity contribution in [1.29, 1.82) is 0 Å². The fraction of sp³-hybridized carbons (Fsp3) is 0.0588. The summed E-state index contributed by atoms with van der Waals surface area (Å²) in [6.45, 7) is 3.93. The summed E-state index contributed by atoms with van der Waals surface area (Å²) in [6, 6.07) is 12.9. The van der Waals surface area contributed by atoms with E-state index in [9.17, 15) is 4.79 Å². The van der Waals surface area contributed by atoms with E-state index in [1.54, 1.807) is 24.4 Å². The molecule has 6 nitrogen and oxygen atoms in total. The summed E-state index contributed by atoms with van der Waals surface area (Å²) >= 11 is 0. The number of nitrogens with zero attached hydrogens (tertiary/aromatic N) is 3. The van der Waals surface area contributed by atoms with Crippen molar-refractivity contribution < 1.29 is 4.79 Å². The van der Waals surface area contributed by atoms with Gasteiger partial charge < -0.3 is 5.32 Å². The molecule has 0 fully saturated rings. The van der Waals surface area contributed by atoms with Crippen LogP contribution in [0.25, 0.3) is 22.4 Å². The second kappa shape index (κ2) is 6.65. The van der Waals surface area contributed by atoms with Crippen LogP contribution in [0.4, 0.5) is 10.6 Å². The average molecular weight is 305 g/mol. The maximum Gasteiger partial charge on any atom is 0.320 e. The Morgan fingerprint density at radius 2 is 1.96 bits per heavy atom. The van der Waals surface area contributed by atoms with Crippen LogP contribution < -0.4 is 10.6 Å². The first kappa shape index (κ1) is 14.6. The summed E-state index contributed by atoms with van der Waals surface area (Å²) in [5, 5.41) is 5.27. The minimum atomic E-state index is -0.344. The molecule has 0 aliphatic heterocycles. The predicted octanol–water partition coefficient (Wildman–Crippen LogP) is 3.00. The molecule has 114 valence electrons. The molecule has 2 heterocycles. The van der Waals surface area contributed by atoms with Gasteiger partial charge in [0.2, 0.25) is 0 Å². The summed E-state index contributed by atoms with van der Waals surface area (Å²) in [4.78, 5) is 24.9. The van der Waals surface area contributed by atoms with Crippen molar-refractivity contribution in [3.05, 3.63) is 61.3 Å². The van der Waals surface area contributed by atoms with Crippen LogP contribution in [0.15, 0.2) is 61.3 Å². The fourth-order valence-corrected chi connectivity index (χ4v) is 2.04. The molecule has 0 radical (unpaired) electrons. The number of hydrogen-bond acceptors (Lipinski definition) is 4. The Labute approximate surface area is 133 Å². The van der Waals surface area contributed by atoms with Crippen molar-refractivity contribution in [3.8, 4) is 11.3 Å². The zero-order valence-corrected chi connectivity index (χ0v) is 12.4. The Morgan fingerprint density at radius 1 is 1.13 bits per heavy atom. The average Bonchev–Trinajstić information content (AvgIpc) is 2.60. The number of urea groups is 1. The third-order valence-electron chi connectivity index (χ3n) is 3.12. The van der Waals surface area contributed by atoms with Gasteiger partial charge >= 0.3 is 6.03 Å². The largest absolute Gasteiger partial charge is 0.334 e. The smallest absolute Gasteiger partial charge is 0.320 e. The van der Waals surface area contributed by atoms with Crippen LogP contribution >= 0.6 is 0 Å². The number of carbonyl (C=O) groups excluding carboxylic acids is 1. The summed E-state index contributed by atoms with van der Waals surface area (Å²) in [6.07, 6.45) is 3.31. The topological polar surface area (TPSA) is 79.8 Å². The van der Waals surface area contributed by atoms with Crippen LogP contribution in [0.1, 0.15) is 0 Å². The molecule has 0 spiro atoms. The predicted molar refractivity (Wildman–Crippen MR) is 90.0 cm³/mol. The quantitative estimate of drug-likeness (QED) is 0.726. The van der Waals surface area contributed by atoms with Gasteiger partial charge in [-0.15, -0.1) is 6.58 Å². The molecule has 0 bridgehead atoms. The highest BCUT2D eigenvalue weighted by atomic mass is 16.2. The molecule has 23 heavy (non-hydrogen) atoms. The van der Waals surface area contributed by atoms with Crippen molar-refractivity contribution >= 4 is 23.0 Å². The normalized spacial score (nSPS) is 10.3. The second-order valence-electron chi connectivity index (χ2n) is 4.78. The van der Waals surface area contributed by atoms with Gasteiger partial charge in [-0.25, -0.2) is 14.8 Å². The zero-order chi connectivity index (χ0) is 16.1. The molecule has 2 N–H and O–H groups in total. The lowest BCUT2D eigenvalue weighted by Gasteiger charge is -2.06. The highest BCUT2D eigenvalue weighted by Crippen LogP contribution is 2.18. The van der Waals surface area contributed by atoms with E-state index in [4.69, 9.17) is 0 Å². The molecule has 1 aromatic carbocycles. The van der Waals surface area contributed by atoms with Gasteiger partial charge in [-0.1, -0.05) is 36.4 Å². The molecule has 3 aromatic rings. The summed E-state index contributed by atoms with van der Waals surface area (Å²) in [7, 11) is 0. The Bertz CT molecular complexity index is 848. The van der Waals surface area contributed by atoms with E-state index in [2.05, 4.69) is 32.2 Å². The van der Waals surface area contributed by atoms with Crippen molar-refractivity contribution in [2.45, 2.75) is 0 Å². The molecule has 0 aliphatic rings. The van der Waals surface area contributed by atoms with E-state index in [0.717, 1.165) is 11.3 Å². The van der Waals surface area contributed by atoms with Crippen LogP contribution in [-0.2, 0) is 0 Å². The molecule has 3 rings (SSSR count). The van der Waals surface area contributed by atoms with Crippen molar-refractivity contribution in [2.75, 3.05) is 11.9 Å². The minimum absolute atomic E-state index is 0.344. The van der Waals surface area contributed by atoms with Gasteiger partial charge in [-0.2, -0.15) is 0 Å². The Balaban J connectivity index is 1.89. The highest BCUT2D eigenvalue weighted by molar-refractivity contribution is 5.89. The fourth-order valence-electron chi connectivity index (χ4n) is 2.04. The first-order valence-corrected chi connectivity index (χ1v) is 7.11. The first-order chi connectivity index (χ1) is 11.3. The third kappa shape index (κ3) is 3.49. The number of rotatable bonds is 4. The third-order valence-corrected chi connectivity index (χ3v) is 3.12. The van der Waals surface area contributed by atoms with Gasteiger partial charge in [0.15, 0.2) is 5.65 Å². The molecule has 0 unspecified atom stereocenters. The number of nitrogens with one attached hydrogen (secondary N) is 2. The molecule has 2 amide bonds. The summed E-state index contributed by atoms with van der Waals surface area (Å²) in [5.74, 6) is 0.415. The molecule has 0 saturated heterocycles. The Hall–Kier alpha value is -3.28. The zero-order valence-electron chi connectivity index (χ0n) is 12.4. The van der Waals surface area contributed by atoms with E-state index < -0.39 is 0 Å². The van der Waals surface area contributed by atoms with Gasteiger partial charge in [-0.3, -0.25) is 10.3 Å². The lowest BCUT2D eigenvalue weighted by Crippen LogP contribution is -2.28. The standard InChI is InChI=1S/C17H15N5O/c1-2-10-18-17(23)22-15-9-8-13-16(21-15)20-14(11-19-13)12-6-4-3-5-7-12/h2-9,11H,1,10H2,(H2,18,20,21,22,23). The lowest BCUT2D eigenvalue weighted by molar-refractivity contribution is 0.253. The lowest BCUT2D eigenvalue weighted by atomic mass is 10.2. The van der Waals surface area contributed by atoms with E-state index in [-0.39, 0.29) is 6.03 Å². The molecule has 0 saturated carbocycles. The highest BCUT2D eigenvalue weighted by Gasteiger charge is 2.06. The number of fused-ring (bicyclic) bond motifs is 1. The number of amides is 2. The summed E-state index contributed by atoms with van der Waals surface area (Å²) < 4.78 is 0. The molecule has 0 atom stereocenters. The number of pyridine rings is 1. The number of benzene rings is 1. The number of aromatic nitrogens is 3. The van der Waals surface area contributed by atoms with E-state index in [1.807, 2.05) is 30.3 Å². The molecule has 2 aromatic heterocycles. The van der Waals surface area contributed by atoms with Crippen LogP contribution in [0.2, 0.25) is 0 Å². The number of carbonyl (C=O) groups is 1. The Morgan fingerprint density at radius 3 is 2.74 bits per heavy atom. The van der Waals surface area contributed by atoms with Gasteiger partial charge in [-0.05, 0) is 12.1 Å². The number of anilines is 1. The van der Waals surface area contributed by atoms with Gasteiger partial charge in [0, 0.05) is 12.1 Å².